The van der Waals surface area contributed by atoms with Crippen molar-refractivity contribution in [3.63, 3.8) is 0 Å². The molecule has 6 aromatic heterocycles. The molecule has 4 aromatic carbocycles. The summed E-state index contributed by atoms with van der Waals surface area (Å²) in [5.41, 5.74) is 11.1. The van der Waals surface area contributed by atoms with Crippen molar-refractivity contribution in [3.8, 4) is 56.2 Å². The molecule has 69 heavy (non-hydrogen) atoms. The maximum absolute atomic E-state index is 5.98. The first-order valence-corrected chi connectivity index (χ1v) is 24.2. The Morgan fingerprint density at radius 2 is 0.971 bits per heavy atom. The van der Waals surface area contributed by atoms with Gasteiger partial charge in [0.2, 0.25) is 0 Å². The molecule has 0 bridgehead atoms. The van der Waals surface area contributed by atoms with Gasteiger partial charge in [0.15, 0.2) is 0 Å². The van der Waals surface area contributed by atoms with Crippen LogP contribution in [0.4, 0.5) is 0 Å². The number of thiophene rings is 2. The Hall–Kier alpha value is -5.36. The van der Waals surface area contributed by atoms with E-state index in [9.17, 15) is 0 Å². The van der Waals surface area contributed by atoms with Crippen molar-refractivity contribution in [1.82, 2.24) is 19.9 Å². The summed E-state index contributed by atoms with van der Waals surface area (Å²) in [6.07, 6.45) is 7.23. The number of pyridine rings is 4. The van der Waals surface area contributed by atoms with Crippen molar-refractivity contribution in [1.29, 1.82) is 0 Å². The molecular formula is C57H46BBrIr2N4O2S2-4. The van der Waals surface area contributed by atoms with Crippen LogP contribution in [0.3, 0.4) is 0 Å². The molecule has 1 fully saturated rings. The van der Waals surface area contributed by atoms with Crippen molar-refractivity contribution in [2.24, 2.45) is 0 Å². The van der Waals surface area contributed by atoms with Crippen molar-refractivity contribution >= 4 is 51.2 Å². The molecule has 1 aliphatic heterocycles. The Morgan fingerprint density at radius 1 is 0.507 bits per heavy atom. The zero-order valence-corrected chi connectivity index (χ0v) is 45.9. The van der Waals surface area contributed by atoms with E-state index in [-0.39, 0.29) is 59.0 Å². The van der Waals surface area contributed by atoms with E-state index in [1.54, 1.807) is 47.5 Å². The van der Waals surface area contributed by atoms with Gasteiger partial charge in [0.05, 0.1) is 11.7 Å². The van der Waals surface area contributed by atoms with Crippen molar-refractivity contribution < 1.29 is 49.5 Å². The van der Waals surface area contributed by atoms with Gasteiger partial charge in [0.25, 0.3) is 0 Å². The van der Waals surface area contributed by atoms with Crippen LogP contribution in [0.1, 0.15) is 20.8 Å². The topological polar surface area (TPSA) is 70.0 Å². The predicted octanol–water partition coefficient (Wildman–Crippen LogP) is 14.3. The molecule has 350 valence electrons. The Bertz CT molecular complexity index is 2760. The fourth-order valence-corrected chi connectivity index (χ4v) is 8.15. The Kier molecular flexibility index (Phi) is 22.9. The second-order valence-corrected chi connectivity index (χ2v) is 17.7. The Balaban J connectivity index is 0.000000166. The quantitative estimate of drug-likeness (QED) is 0.122. The third-order valence-corrected chi connectivity index (χ3v) is 12.3. The fraction of sp³-hybridized carbons (Fsp3) is 0.0877. The van der Waals surface area contributed by atoms with E-state index in [1.807, 2.05) is 183 Å². The molecule has 2 radical (unpaired) electrons. The molecule has 12 heteroatoms. The van der Waals surface area contributed by atoms with Crippen LogP contribution in [0, 0.1) is 24.3 Å². The molecule has 0 aliphatic carbocycles. The number of benzene rings is 4. The Labute approximate surface area is 450 Å². The van der Waals surface area contributed by atoms with Gasteiger partial charge in [-0.05, 0) is 118 Å². The van der Waals surface area contributed by atoms with Crippen LogP contribution in [0.25, 0.3) is 56.2 Å². The number of hydrogen-bond donors (Lipinski definition) is 0. The molecule has 7 heterocycles. The average molecular weight is 1360 g/mol. The van der Waals surface area contributed by atoms with E-state index in [1.165, 1.54) is 15.6 Å². The van der Waals surface area contributed by atoms with E-state index in [0.717, 1.165) is 50.5 Å². The second kappa shape index (κ2) is 29.0. The minimum Gasteiger partial charge on any atom is -0.403 e. The first-order valence-electron chi connectivity index (χ1n) is 21.5. The van der Waals surface area contributed by atoms with E-state index in [4.69, 9.17) is 9.31 Å². The zero-order chi connectivity index (χ0) is 46.5. The first-order chi connectivity index (χ1) is 32.8. The molecule has 1 saturated heterocycles. The van der Waals surface area contributed by atoms with Crippen molar-refractivity contribution in [2.75, 3.05) is 0 Å². The number of nitrogens with zero attached hydrogens (tertiary/aromatic N) is 4. The van der Waals surface area contributed by atoms with Gasteiger partial charge in [0, 0.05) is 74.9 Å². The SMILES string of the molecule is Brc1ccsc1.CC1OB(c2cc[c-]c(-c3ccccn3)c2)OC1(C)C.[Ir].[Ir].[c-]1ccc(-c2ccsc2)cc1-c1ccccn1.[c-]1ccccc1-c1ccccn1.[c-]1ccccc1-c1ccccn1. The van der Waals surface area contributed by atoms with Gasteiger partial charge >= 0.3 is 7.12 Å². The van der Waals surface area contributed by atoms with E-state index in [0.29, 0.717) is 0 Å². The Morgan fingerprint density at radius 3 is 1.36 bits per heavy atom. The molecule has 0 saturated carbocycles. The smallest absolute Gasteiger partial charge is 0.403 e. The van der Waals surface area contributed by atoms with Crippen molar-refractivity contribution in [3.05, 3.63) is 245 Å². The maximum atomic E-state index is 5.98. The van der Waals surface area contributed by atoms with E-state index in [2.05, 4.69) is 89.1 Å². The molecular weight excluding hydrogens is 1310 g/mol. The molecule has 6 nitrogen and oxygen atoms in total. The summed E-state index contributed by atoms with van der Waals surface area (Å²) in [5, 5.41) is 8.31. The second-order valence-electron chi connectivity index (χ2n) is 15.2. The summed E-state index contributed by atoms with van der Waals surface area (Å²) in [5.74, 6) is 0. The third kappa shape index (κ3) is 17.2. The van der Waals surface area contributed by atoms with E-state index >= 15 is 0 Å². The summed E-state index contributed by atoms with van der Waals surface area (Å²) in [6.45, 7) is 6.13. The monoisotopic (exact) mass is 1360 g/mol. The molecule has 0 N–H and O–H groups in total. The van der Waals surface area contributed by atoms with Crippen LogP contribution < -0.4 is 5.46 Å². The van der Waals surface area contributed by atoms with Crippen LogP contribution in [-0.4, -0.2) is 38.8 Å². The van der Waals surface area contributed by atoms with Gasteiger partial charge in [-0.2, -0.15) is 22.7 Å². The summed E-state index contributed by atoms with van der Waals surface area (Å²) >= 11 is 6.69. The van der Waals surface area contributed by atoms with Crippen LogP contribution >= 0.6 is 38.6 Å². The minimum atomic E-state index is -0.322. The summed E-state index contributed by atoms with van der Waals surface area (Å²) < 4.78 is 13.1. The normalized spacial score (nSPS) is 12.8. The van der Waals surface area contributed by atoms with Gasteiger partial charge in [-0.25, -0.2) is 0 Å². The zero-order valence-electron chi connectivity index (χ0n) is 37.9. The molecule has 1 atom stereocenters. The number of halogens is 1. The van der Waals surface area contributed by atoms with Gasteiger partial charge in [-0.3, -0.25) is 0 Å². The molecule has 1 aliphatic rings. The number of hydrogen-bond acceptors (Lipinski definition) is 8. The van der Waals surface area contributed by atoms with Crippen molar-refractivity contribution in [2.45, 2.75) is 32.5 Å². The third-order valence-electron chi connectivity index (χ3n) is 10.1. The molecule has 0 spiro atoms. The molecule has 11 rings (SSSR count). The van der Waals surface area contributed by atoms with Gasteiger partial charge in [-0.1, -0.05) is 54.1 Å². The number of rotatable bonds is 6. The summed E-state index contributed by atoms with van der Waals surface area (Å²) in [7, 11) is -0.322. The summed E-state index contributed by atoms with van der Waals surface area (Å²) in [4.78, 5) is 17.1. The standard InChI is InChI=1S/C16H17BNO2.C15H10NS.2C11H8N.C4H3BrS.2Ir/c1-12-16(2,3)20-17(19-12)14-8-6-7-13(11-14)15-9-4-5-10-18-15;1-2-8-16-15(6-1)13-5-3-4-12(10-13)14-7-9-17-11-14;2*1-2-6-10(7-3-1)11-8-4-5-9-12-11;5-4-1-2-6-3-4;;/h4-6,8-12H,1-3H3;1-4,6-11H;2*1-6,8-9H;1-3H;;/q4*-1;;;. The molecule has 0 amide bonds. The van der Waals surface area contributed by atoms with E-state index < -0.39 is 0 Å². The molecule has 1 unspecified atom stereocenters. The number of aromatic nitrogens is 4. The van der Waals surface area contributed by atoms with Gasteiger partial charge in [0.1, 0.15) is 0 Å². The largest absolute Gasteiger partial charge is 0.475 e. The first kappa shape index (κ1) is 54.6. The van der Waals surface area contributed by atoms with Crippen LogP contribution in [0.15, 0.2) is 221 Å². The van der Waals surface area contributed by atoms with Gasteiger partial charge in [-0.15, -0.1) is 137 Å². The van der Waals surface area contributed by atoms with Crippen LogP contribution in [0.5, 0.6) is 0 Å². The van der Waals surface area contributed by atoms with Crippen LogP contribution in [-0.2, 0) is 49.5 Å². The molecule has 10 aromatic rings. The van der Waals surface area contributed by atoms with Crippen LogP contribution in [0.2, 0.25) is 0 Å². The minimum absolute atomic E-state index is 0. The predicted molar refractivity (Wildman–Crippen MR) is 280 cm³/mol. The fourth-order valence-electron chi connectivity index (χ4n) is 6.34. The summed E-state index contributed by atoms with van der Waals surface area (Å²) in [6, 6.07) is 68.0. The average Bonchev–Trinajstić information content (AvgIpc) is 4.19. The van der Waals surface area contributed by atoms with Gasteiger partial charge < -0.3 is 29.2 Å². The maximum Gasteiger partial charge on any atom is 0.475 e.